The van der Waals surface area contributed by atoms with Crippen molar-refractivity contribution in [3.05, 3.63) is 53.3 Å². The van der Waals surface area contributed by atoms with Crippen molar-refractivity contribution >= 4 is 10.1 Å². The minimum Gasteiger partial charge on any atom is -0.493 e. The quantitative estimate of drug-likeness (QED) is 0.814. The van der Waals surface area contributed by atoms with Gasteiger partial charge in [-0.15, -0.1) is 0 Å². The summed E-state index contributed by atoms with van der Waals surface area (Å²) in [7, 11) is -2.62. The molecule has 4 nitrogen and oxygen atoms in total. The maximum Gasteiger partial charge on any atom is 0.339 e. The summed E-state index contributed by atoms with van der Waals surface area (Å²) in [5.41, 5.74) is 1.14. The molecule has 0 atom stereocenters. The number of rotatable bonds is 4. The summed E-state index contributed by atoms with van der Waals surface area (Å²) in [6, 6.07) is 8.38. The highest BCUT2D eigenvalue weighted by Gasteiger charge is 2.20. The van der Waals surface area contributed by atoms with Crippen LogP contribution >= 0.6 is 0 Å². The van der Waals surface area contributed by atoms with Gasteiger partial charge < -0.3 is 8.92 Å². The molecule has 0 saturated carbocycles. The Morgan fingerprint density at radius 3 is 2.33 bits per heavy atom. The summed E-state index contributed by atoms with van der Waals surface area (Å²) >= 11 is 0. The first-order valence-corrected chi connectivity index (χ1v) is 7.59. The summed E-state index contributed by atoms with van der Waals surface area (Å²) in [6.45, 7) is 3.34. The molecule has 0 fully saturated rings. The number of benzene rings is 2. The topological polar surface area (TPSA) is 52.6 Å². The third-order valence-electron chi connectivity index (χ3n) is 2.94. The van der Waals surface area contributed by atoms with Crippen molar-refractivity contribution in [3.63, 3.8) is 0 Å². The third kappa shape index (κ3) is 3.33. The monoisotopic (exact) mass is 310 g/mol. The van der Waals surface area contributed by atoms with Gasteiger partial charge in [0.25, 0.3) is 0 Å². The molecule has 0 bridgehead atoms. The van der Waals surface area contributed by atoms with Gasteiger partial charge in [-0.1, -0.05) is 6.07 Å². The van der Waals surface area contributed by atoms with Crippen molar-refractivity contribution < 1.29 is 21.7 Å². The minimum atomic E-state index is -4.04. The maximum atomic E-state index is 13.2. The van der Waals surface area contributed by atoms with E-state index in [-0.39, 0.29) is 16.2 Å². The van der Waals surface area contributed by atoms with Crippen molar-refractivity contribution in [2.75, 3.05) is 7.11 Å². The second kappa shape index (κ2) is 5.73. The van der Waals surface area contributed by atoms with Gasteiger partial charge in [0.1, 0.15) is 10.7 Å². The van der Waals surface area contributed by atoms with E-state index >= 15 is 0 Å². The number of ether oxygens (including phenoxy) is 1. The van der Waals surface area contributed by atoms with Crippen molar-refractivity contribution in [1.29, 1.82) is 0 Å². The van der Waals surface area contributed by atoms with E-state index in [9.17, 15) is 12.8 Å². The molecule has 0 N–H and O–H groups in total. The van der Waals surface area contributed by atoms with E-state index in [1.165, 1.54) is 32.2 Å². The fourth-order valence-electron chi connectivity index (χ4n) is 1.78. The lowest BCUT2D eigenvalue weighted by Crippen LogP contribution is -2.11. The molecule has 0 aliphatic carbocycles. The van der Waals surface area contributed by atoms with E-state index in [4.69, 9.17) is 8.92 Å². The van der Waals surface area contributed by atoms with Crippen LogP contribution in [0.1, 0.15) is 11.1 Å². The molecule has 6 heteroatoms. The zero-order valence-electron chi connectivity index (χ0n) is 11.9. The third-order valence-corrected chi connectivity index (χ3v) is 4.17. The Hall–Kier alpha value is -2.08. The number of hydrogen-bond acceptors (Lipinski definition) is 4. The first kappa shape index (κ1) is 15.3. The Morgan fingerprint density at radius 1 is 1.00 bits per heavy atom. The van der Waals surface area contributed by atoms with Crippen LogP contribution in [0, 0.1) is 19.7 Å². The Bertz CT molecular complexity index is 769. The van der Waals surface area contributed by atoms with Crippen LogP contribution in [0.5, 0.6) is 11.5 Å². The van der Waals surface area contributed by atoms with Crippen molar-refractivity contribution in [3.8, 4) is 11.5 Å². The van der Waals surface area contributed by atoms with Crippen LogP contribution in [-0.4, -0.2) is 15.5 Å². The number of aryl methyl sites for hydroxylation is 2. The van der Waals surface area contributed by atoms with Gasteiger partial charge in [-0.3, -0.25) is 0 Å². The molecule has 0 aliphatic rings. The summed E-state index contributed by atoms with van der Waals surface area (Å²) in [6.07, 6.45) is 0. The first-order valence-electron chi connectivity index (χ1n) is 6.19. The lowest BCUT2D eigenvalue weighted by molar-refractivity contribution is 0.390. The van der Waals surface area contributed by atoms with Crippen LogP contribution in [0.25, 0.3) is 0 Å². The summed E-state index contributed by atoms with van der Waals surface area (Å²) in [5.74, 6) is -0.0654. The van der Waals surface area contributed by atoms with Gasteiger partial charge in [0.05, 0.1) is 7.11 Å². The fourth-order valence-corrected chi connectivity index (χ4v) is 2.81. The summed E-state index contributed by atoms with van der Waals surface area (Å²) < 4.78 is 47.8. The fraction of sp³-hybridized carbons (Fsp3) is 0.200. The average Bonchev–Trinajstić information content (AvgIpc) is 2.43. The lowest BCUT2D eigenvalue weighted by Gasteiger charge is -2.11. The standard InChI is InChI=1S/C15H15FO4S/c1-10-4-7-14(15(8-10)19-3)20-21(17,18)12-5-6-13(16)11(2)9-12/h4-9H,1-3H3. The maximum absolute atomic E-state index is 13.2. The molecule has 2 aromatic carbocycles. The Kier molecular flexibility index (Phi) is 4.18. The normalized spacial score (nSPS) is 11.2. The van der Waals surface area contributed by atoms with Gasteiger partial charge in [0.15, 0.2) is 11.5 Å². The Morgan fingerprint density at radius 2 is 1.71 bits per heavy atom. The van der Waals surface area contributed by atoms with Crippen LogP contribution in [0.15, 0.2) is 41.3 Å². The van der Waals surface area contributed by atoms with Crippen molar-refractivity contribution in [2.24, 2.45) is 0 Å². The van der Waals surface area contributed by atoms with Crippen LogP contribution in [0.3, 0.4) is 0 Å². The van der Waals surface area contributed by atoms with Crippen molar-refractivity contribution in [1.82, 2.24) is 0 Å². The minimum absolute atomic E-state index is 0.0880. The molecule has 0 aliphatic heterocycles. The van der Waals surface area contributed by atoms with E-state index < -0.39 is 15.9 Å². The zero-order valence-corrected chi connectivity index (χ0v) is 12.7. The predicted octanol–water partition coefficient (Wildman–Crippen LogP) is 3.22. The molecule has 112 valence electrons. The molecule has 2 aromatic rings. The average molecular weight is 310 g/mol. The van der Waals surface area contributed by atoms with Gasteiger partial charge >= 0.3 is 10.1 Å². The van der Waals surface area contributed by atoms with Gasteiger partial charge in [-0.25, -0.2) is 4.39 Å². The van der Waals surface area contributed by atoms with E-state index in [2.05, 4.69) is 0 Å². The Labute approximate surface area is 123 Å². The number of methoxy groups -OCH3 is 1. The van der Waals surface area contributed by atoms with Gasteiger partial charge in [-0.05, 0) is 55.3 Å². The highest BCUT2D eigenvalue weighted by Crippen LogP contribution is 2.30. The van der Waals surface area contributed by atoms with Gasteiger partial charge in [-0.2, -0.15) is 8.42 Å². The molecule has 0 unspecified atom stereocenters. The predicted molar refractivity (Wildman–Crippen MR) is 76.7 cm³/mol. The molecule has 0 heterocycles. The van der Waals surface area contributed by atoms with E-state index in [0.717, 1.165) is 11.6 Å². The van der Waals surface area contributed by atoms with Crippen LogP contribution in [0.4, 0.5) is 4.39 Å². The first-order chi connectivity index (χ1) is 9.83. The molecule has 2 rings (SSSR count). The molecular weight excluding hydrogens is 295 g/mol. The number of hydrogen-bond donors (Lipinski definition) is 0. The zero-order chi connectivity index (χ0) is 15.6. The van der Waals surface area contributed by atoms with Crippen molar-refractivity contribution in [2.45, 2.75) is 18.7 Å². The summed E-state index contributed by atoms with van der Waals surface area (Å²) in [4.78, 5) is -0.107. The molecule has 0 radical (unpaired) electrons. The van der Waals surface area contributed by atoms with E-state index in [1.807, 2.05) is 6.92 Å². The largest absolute Gasteiger partial charge is 0.493 e. The van der Waals surface area contributed by atoms with Gasteiger partial charge in [0, 0.05) is 0 Å². The molecule has 0 saturated heterocycles. The van der Waals surface area contributed by atoms with Crippen LogP contribution in [-0.2, 0) is 10.1 Å². The van der Waals surface area contributed by atoms with E-state index in [0.29, 0.717) is 5.75 Å². The smallest absolute Gasteiger partial charge is 0.339 e. The second-order valence-corrected chi connectivity index (χ2v) is 6.15. The SMILES string of the molecule is COc1cc(C)ccc1OS(=O)(=O)c1ccc(F)c(C)c1. The Balaban J connectivity index is 2.39. The second-order valence-electron chi connectivity index (χ2n) is 4.60. The molecular formula is C15H15FO4S. The lowest BCUT2D eigenvalue weighted by atomic mass is 10.2. The number of halogens is 1. The highest BCUT2D eigenvalue weighted by atomic mass is 32.2. The van der Waals surface area contributed by atoms with Crippen LogP contribution in [0.2, 0.25) is 0 Å². The molecule has 0 aromatic heterocycles. The molecule has 0 spiro atoms. The van der Waals surface area contributed by atoms with E-state index in [1.54, 1.807) is 12.1 Å². The summed E-state index contributed by atoms with van der Waals surface area (Å²) in [5, 5.41) is 0. The van der Waals surface area contributed by atoms with Gasteiger partial charge in [0.2, 0.25) is 0 Å². The van der Waals surface area contributed by atoms with Crippen LogP contribution < -0.4 is 8.92 Å². The molecule has 0 amide bonds. The highest BCUT2D eigenvalue weighted by molar-refractivity contribution is 7.87. The molecule has 21 heavy (non-hydrogen) atoms.